The number of rotatable bonds is 4. The molecule has 1 aromatic heterocycles. The molecule has 2 rings (SSSR count). The molecule has 0 radical (unpaired) electrons. The molecule has 0 fully saturated rings. The lowest BCUT2D eigenvalue weighted by Gasteiger charge is -2.30. The lowest BCUT2D eigenvalue weighted by Crippen LogP contribution is -2.32. The van der Waals surface area contributed by atoms with Crippen LogP contribution in [0.25, 0.3) is 0 Å². The fourth-order valence-electron chi connectivity index (χ4n) is 2.73. The van der Waals surface area contributed by atoms with Crippen LogP contribution in [0.2, 0.25) is 0 Å². The van der Waals surface area contributed by atoms with E-state index in [0.717, 1.165) is 25.1 Å². The van der Waals surface area contributed by atoms with E-state index >= 15 is 0 Å². The van der Waals surface area contributed by atoms with Crippen molar-refractivity contribution in [1.82, 2.24) is 9.47 Å². The molecule has 1 aliphatic carbocycles. The van der Waals surface area contributed by atoms with Gasteiger partial charge in [0, 0.05) is 43.0 Å². The highest BCUT2D eigenvalue weighted by Crippen LogP contribution is 2.35. The van der Waals surface area contributed by atoms with Crippen LogP contribution in [-0.4, -0.2) is 34.9 Å². The summed E-state index contributed by atoms with van der Waals surface area (Å²) in [5.74, 6) is 0.308. The first-order chi connectivity index (χ1) is 8.80. The summed E-state index contributed by atoms with van der Waals surface area (Å²) in [5.41, 5.74) is 2.29. The number of hydrogen-bond acceptors (Lipinski definition) is 2. The van der Waals surface area contributed by atoms with Gasteiger partial charge < -0.3 is 9.47 Å². The molecule has 0 unspecified atom stereocenters. The average molecular weight is 262 g/mol. The summed E-state index contributed by atoms with van der Waals surface area (Å²) in [4.78, 5) is 14.5. The highest BCUT2D eigenvalue weighted by Gasteiger charge is 2.32. The summed E-state index contributed by atoms with van der Waals surface area (Å²) in [7, 11) is 2.15. The number of aromatic nitrogens is 1. The molecule has 0 atom stereocenters. The molecule has 19 heavy (non-hydrogen) atoms. The predicted molar refractivity (Wildman–Crippen MR) is 78.6 cm³/mol. The van der Waals surface area contributed by atoms with Crippen molar-refractivity contribution in [3.8, 4) is 0 Å². The molecule has 0 amide bonds. The zero-order valence-electron chi connectivity index (χ0n) is 12.9. The molecular formula is C16H26N2O. The maximum absolute atomic E-state index is 12.1. The standard InChI is InChI=1S/C16H26N2O/c1-12(2)17(5)8-9-18-7-6-13-14(18)10-16(3,4)11-15(13)19/h6-7,12H,8-11H2,1-5H3. The second-order valence-corrected chi connectivity index (χ2v) is 6.88. The van der Waals surface area contributed by atoms with Crippen LogP contribution in [0.4, 0.5) is 0 Å². The largest absolute Gasteiger partial charge is 0.349 e. The number of fused-ring (bicyclic) bond motifs is 1. The second kappa shape index (κ2) is 5.12. The van der Waals surface area contributed by atoms with Crippen molar-refractivity contribution < 1.29 is 4.79 Å². The van der Waals surface area contributed by atoms with Crippen molar-refractivity contribution in [2.45, 2.75) is 53.1 Å². The number of ketones is 1. The molecule has 0 aliphatic heterocycles. The lowest BCUT2D eigenvalue weighted by atomic mass is 9.76. The van der Waals surface area contributed by atoms with E-state index in [4.69, 9.17) is 0 Å². The summed E-state index contributed by atoms with van der Waals surface area (Å²) in [6.07, 6.45) is 3.76. The maximum atomic E-state index is 12.1. The van der Waals surface area contributed by atoms with E-state index in [-0.39, 0.29) is 5.41 Å². The summed E-state index contributed by atoms with van der Waals surface area (Å²) < 4.78 is 2.27. The summed E-state index contributed by atoms with van der Waals surface area (Å²) in [6.45, 7) is 10.8. The number of likely N-dealkylation sites (N-methyl/N-ethyl adjacent to an activating group) is 1. The molecule has 0 N–H and O–H groups in total. The van der Waals surface area contributed by atoms with Gasteiger partial charge in [-0.05, 0) is 38.8 Å². The second-order valence-electron chi connectivity index (χ2n) is 6.88. The highest BCUT2D eigenvalue weighted by atomic mass is 16.1. The third-order valence-corrected chi connectivity index (χ3v) is 4.24. The van der Waals surface area contributed by atoms with E-state index in [1.54, 1.807) is 0 Å². The predicted octanol–water partition coefficient (Wildman–Crippen LogP) is 2.98. The molecule has 106 valence electrons. The van der Waals surface area contributed by atoms with Gasteiger partial charge in [0.25, 0.3) is 0 Å². The van der Waals surface area contributed by atoms with Crippen LogP contribution in [-0.2, 0) is 13.0 Å². The number of Topliss-reactive ketones (excluding diaryl/α,β-unsaturated/α-hetero) is 1. The highest BCUT2D eigenvalue weighted by molar-refractivity contribution is 5.98. The molecule has 0 spiro atoms. The van der Waals surface area contributed by atoms with Crippen molar-refractivity contribution in [2.75, 3.05) is 13.6 Å². The summed E-state index contributed by atoms with van der Waals surface area (Å²) in [5, 5.41) is 0. The zero-order chi connectivity index (χ0) is 14.2. The van der Waals surface area contributed by atoms with E-state index < -0.39 is 0 Å². The van der Waals surface area contributed by atoms with Crippen molar-refractivity contribution in [1.29, 1.82) is 0 Å². The smallest absolute Gasteiger partial charge is 0.165 e. The summed E-state index contributed by atoms with van der Waals surface area (Å²) in [6, 6.07) is 2.56. The van der Waals surface area contributed by atoms with Gasteiger partial charge in [0.15, 0.2) is 5.78 Å². The Morgan fingerprint density at radius 3 is 2.68 bits per heavy atom. The molecule has 3 nitrogen and oxygen atoms in total. The van der Waals surface area contributed by atoms with Gasteiger partial charge >= 0.3 is 0 Å². The van der Waals surface area contributed by atoms with Crippen molar-refractivity contribution >= 4 is 5.78 Å². The first kappa shape index (κ1) is 14.3. The molecular weight excluding hydrogens is 236 g/mol. The third-order valence-electron chi connectivity index (χ3n) is 4.24. The Bertz CT molecular complexity index is 471. The minimum absolute atomic E-state index is 0.101. The van der Waals surface area contributed by atoms with Gasteiger partial charge in [-0.2, -0.15) is 0 Å². The van der Waals surface area contributed by atoms with E-state index in [0.29, 0.717) is 18.2 Å². The van der Waals surface area contributed by atoms with Crippen LogP contribution >= 0.6 is 0 Å². The van der Waals surface area contributed by atoms with Crippen LogP contribution in [0.15, 0.2) is 12.3 Å². The number of nitrogens with zero attached hydrogens (tertiary/aromatic N) is 2. The van der Waals surface area contributed by atoms with Crippen LogP contribution in [0, 0.1) is 5.41 Å². The van der Waals surface area contributed by atoms with Crippen LogP contribution in [0.1, 0.15) is 50.2 Å². The van der Waals surface area contributed by atoms with E-state index in [9.17, 15) is 4.79 Å². The van der Waals surface area contributed by atoms with Gasteiger partial charge in [-0.15, -0.1) is 0 Å². The van der Waals surface area contributed by atoms with Gasteiger partial charge in [0.05, 0.1) is 0 Å². The molecule has 0 saturated carbocycles. The molecule has 1 heterocycles. The Balaban J connectivity index is 2.15. The first-order valence-corrected chi connectivity index (χ1v) is 7.21. The van der Waals surface area contributed by atoms with Gasteiger partial charge in [-0.25, -0.2) is 0 Å². The molecule has 0 saturated heterocycles. The Morgan fingerprint density at radius 2 is 2.05 bits per heavy atom. The zero-order valence-corrected chi connectivity index (χ0v) is 12.9. The fraction of sp³-hybridized carbons (Fsp3) is 0.688. The number of carbonyl (C=O) groups excluding carboxylic acids is 1. The molecule has 0 bridgehead atoms. The van der Waals surface area contributed by atoms with E-state index in [1.165, 1.54) is 5.69 Å². The van der Waals surface area contributed by atoms with E-state index in [1.807, 2.05) is 6.07 Å². The normalized spacial score (nSPS) is 18.2. The number of hydrogen-bond donors (Lipinski definition) is 0. The van der Waals surface area contributed by atoms with Gasteiger partial charge in [-0.1, -0.05) is 13.8 Å². The quantitative estimate of drug-likeness (QED) is 0.833. The van der Waals surface area contributed by atoms with E-state index in [2.05, 4.69) is 50.4 Å². The Labute approximate surface area is 116 Å². The van der Waals surface area contributed by atoms with Crippen molar-refractivity contribution in [3.63, 3.8) is 0 Å². The van der Waals surface area contributed by atoms with Crippen molar-refractivity contribution in [3.05, 3.63) is 23.5 Å². The molecule has 1 aliphatic rings. The molecule has 3 heteroatoms. The SMILES string of the molecule is CC(C)N(C)CCn1ccc2c1CC(C)(C)CC2=O. The lowest BCUT2D eigenvalue weighted by molar-refractivity contribution is 0.0909. The third kappa shape index (κ3) is 3.08. The fourth-order valence-corrected chi connectivity index (χ4v) is 2.73. The average Bonchev–Trinajstić information content (AvgIpc) is 2.67. The Kier molecular flexibility index (Phi) is 3.86. The first-order valence-electron chi connectivity index (χ1n) is 7.21. The monoisotopic (exact) mass is 262 g/mol. The van der Waals surface area contributed by atoms with Gasteiger partial charge in [0.1, 0.15) is 0 Å². The molecule has 1 aromatic rings. The van der Waals surface area contributed by atoms with Gasteiger partial charge in [-0.3, -0.25) is 4.79 Å². The van der Waals surface area contributed by atoms with Crippen LogP contribution < -0.4 is 0 Å². The topological polar surface area (TPSA) is 25.2 Å². The summed E-state index contributed by atoms with van der Waals surface area (Å²) >= 11 is 0. The minimum atomic E-state index is 0.101. The van der Waals surface area contributed by atoms with Crippen LogP contribution in [0.3, 0.4) is 0 Å². The maximum Gasteiger partial charge on any atom is 0.165 e. The van der Waals surface area contributed by atoms with Gasteiger partial charge in [0.2, 0.25) is 0 Å². The molecule has 0 aromatic carbocycles. The Morgan fingerprint density at radius 1 is 1.37 bits per heavy atom. The van der Waals surface area contributed by atoms with Crippen LogP contribution in [0.5, 0.6) is 0 Å². The Hall–Kier alpha value is -1.09. The number of carbonyl (C=O) groups is 1. The van der Waals surface area contributed by atoms with Crippen molar-refractivity contribution in [2.24, 2.45) is 5.41 Å². The minimum Gasteiger partial charge on any atom is -0.349 e.